The number of aliphatic carboxylic acids is 2. The minimum atomic E-state index is -1.55. The number of carboxylic acid groups (broad SMARTS) is 2. The van der Waals surface area contributed by atoms with E-state index >= 15 is 0 Å². The molecule has 2 aromatic rings. The molecule has 0 bridgehead atoms. The summed E-state index contributed by atoms with van der Waals surface area (Å²) in [6, 6.07) is 0.485. The average Bonchev–Trinajstić information content (AvgIpc) is 3.40. The van der Waals surface area contributed by atoms with Gasteiger partial charge in [0.1, 0.15) is 23.9 Å². The van der Waals surface area contributed by atoms with Crippen molar-refractivity contribution in [2.45, 2.75) is 49.9 Å². The molecule has 15 heteroatoms. The summed E-state index contributed by atoms with van der Waals surface area (Å²) in [5.74, 6) is -4.72. The van der Waals surface area contributed by atoms with Gasteiger partial charge in [-0.05, 0) is 36.1 Å². The molecule has 0 spiro atoms. The van der Waals surface area contributed by atoms with Gasteiger partial charge in [0.15, 0.2) is 0 Å². The summed E-state index contributed by atoms with van der Waals surface area (Å²) >= 11 is 1.46. The van der Waals surface area contributed by atoms with Crippen LogP contribution in [-0.4, -0.2) is 91.1 Å². The van der Waals surface area contributed by atoms with Crippen LogP contribution in [0.5, 0.6) is 5.75 Å². The van der Waals surface area contributed by atoms with E-state index in [0.717, 1.165) is 0 Å². The Bertz CT molecular complexity index is 1130. The first-order chi connectivity index (χ1) is 18.5. The van der Waals surface area contributed by atoms with Gasteiger partial charge in [-0.25, -0.2) is 9.78 Å². The predicted octanol–water partition coefficient (Wildman–Crippen LogP) is -1.01. The first kappa shape index (κ1) is 31.1. The summed E-state index contributed by atoms with van der Waals surface area (Å²) in [7, 11) is 0. The van der Waals surface area contributed by atoms with E-state index < -0.39 is 60.2 Å². The second-order valence-corrected chi connectivity index (χ2v) is 9.64. The molecule has 0 radical (unpaired) electrons. The number of phenolic OH excluding ortho intramolecular Hbond substituents is 1. The Hall–Kier alpha value is -4.11. The van der Waals surface area contributed by atoms with Crippen molar-refractivity contribution in [2.24, 2.45) is 5.73 Å². The number of carbonyl (C=O) groups is 5. The molecule has 9 N–H and O–H groups in total. The lowest BCUT2D eigenvalue weighted by molar-refractivity contribution is -0.143. The standard InChI is InChI=1S/C24H32N6O8S/c1-39-7-6-16(25)21(34)28-18(10-20(32)33)23(36)29-17(8-13-2-4-15(31)5-3-13)22(35)30-19(24(37)38)9-14-11-26-12-27-14/h2-5,11-12,16-19,31H,6-10,25H2,1H3,(H,26,27)(H,28,34)(H,29,36)(H,30,35)(H,32,33)(H,37,38). The second kappa shape index (κ2) is 15.3. The third kappa shape index (κ3) is 10.6. The van der Waals surface area contributed by atoms with Crippen LogP contribution in [0.1, 0.15) is 24.1 Å². The van der Waals surface area contributed by atoms with Crippen LogP contribution < -0.4 is 21.7 Å². The number of hydrogen-bond acceptors (Lipinski definition) is 9. The summed E-state index contributed by atoms with van der Waals surface area (Å²) in [6.07, 6.45) is 3.86. The van der Waals surface area contributed by atoms with Gasteiger partial charge in [-0.15, -0.1) is 0 Å². The van der Waals surface area contributed by atoms with Gasteiger partial charge in [-0.1, -0.05) is 12.1 Å². The fourth-order valence-corrected chi connectivity index (χ4v) is 3.97. The highest BCUT2D eigenvalue weighted by Crippen LogP contribution is 2.12. The third-order valence-corrected chi connectivity index (χ3v) is 6.23. The fourth-order valence-electron chi connectivity index (χ4n) is 3.48. The molecule has 14 nitrogen and oxygen atoms in total. The highest BCUT2D eigenvalue weighted by atomic mass is 32.2. The molecule has 4 atom stereocenters. The van der Waals surface area contributed by atoms with Crippen molar-refractivity contribution in [3.05, 3.63) is 48.0 Å². The van der Waals surface area contributed by atoms with Gasteiger partial charge in [0.2, 0.25) is 17.7 Å². The van der Waals surface area contributed by atoms with Crippen molar-refractivity contribution in [3.8, 4) is 5.75 Å². The molecular weight excluding hydrogens is 532 g/mol. The number of rotatable bonds is 16. The van der Waals surface area contributed by atoms with E-state index in [1.54, 1.807) is 0 Å². The number of nitrogens with one attached hydrogen (secondary N) is 4. The Labute approximate surface area is 228 Å². The third-order valence-electron chi connectivity index (χ3n) is 5.58. The monoisotopic (exact) mass is 564 g/mol. The van der Waals surface area contributed by atoms with E-state index in [2.05, 4.69) is 25.9 Å². The number of amides is 3. The number of hydrogen-bond donors (Lipinski definition) is 8. The van der Waals surface area contributed by atoms with Crippen LogP contribution in [-0.2, 0) is 36.8 Å². The Morgan fingerprint density at radius 1 is 0.949 bits per heavy atom. The Balaban J connectivity index is 2.24. The number of aromatic nitrogens is 2. The first-order valence-electron chi connectivity index (χ1n) is 11.9. The highest BCUT2D eigenvalue weighted by molar-refractivity contribution is 7.98. The van der Waals surface area contributed by atoms with Crippen LogP contribution in [0.3, 0.4) is 0 Å². The maximum atomic E-state index is 13.2. The molecule has 3 amide bonds. The number of nitrogens with zero attached hydrogens (tertiary/aromatic N) is 1. The van der Waals surface area contributed by atoms with E-state index in [9.17, 15) is 39.3 Å². The van der Waals surface area contributed by atoms with Gasteiger partial charge in [0.05, 0.1) is 18.8 Å². The molecule has 212 valence electrons. The molecule has 2 rings (SSSR count). The molecule has 4 unspecified atom stereocenters. The molecule has 0 aliphatic heterocycles. The van der Waals surface area contributed by atoms with E-state index in [1.165, 1.54) is 48.6 Å². The van der Waals surface area contributed by atoms with Crippen LogP contribution in [0.15, 0.2) is 36.8 Å². The molecule has 0 saturated carbocycles. The highest BCUT2D eigenvalue weighted by Gasteiger charge is 2.31. The lowest BCUT2D eigenvalue weighted by Gasteiger charge is -2.25. The molecule has 1 aromatic carbocycles. The zero-order valence-corrected chi connectivity index (χ0v) is 21.9. The molecule has 1 aromatic heterocycles. The van der Waals surface area contributed by atoms with E-state index in [4.69, 9.17) is 5.73 Å². The van der Waals surface area contributed by atoms with Crippen LogP contribution in [0.4, 0.5) is 0 Å². The summed E-state index contributed by atoms with van der Waals surface area (Å²) in [4.78, 5) is 68.5. The smallest absolute Gasteiger partial charge is 0.326 e. The topological polar surface area (TPSA) is 237 Å². The Morgan fingerprint density at radius 3 is 2.13 bits per heavy atom. The lowest BCUT2D eigenvalue weighted by Crippen LogP contribution is -2.58. The molecule has 39 heavy (non-hydrogen) atoms. The SMILES string of the molecule is CSCCC(N)C(=O)NC(CC(=O)O)C(=O)NC(Cc1ccc(O)cc1)C(=O)NC(Cc1cnc[nH]1)C(=O)O. The summed E-state index contributed by atoms with van der Waals surface area (Å²) in [5, 5.41) is 35.6. The van der Waals surface area contributed by atoms with Gasteiger partial charge in [0.25, 0.3) is 0 Å². The zero-order chi connectivity index (χ0) is 28.9. The maximum Gasteiger partial charge on any atom is 0.326 e. The van der Waals surface area contributed by atoms with Crippen LogP contribution >= 0.6 is 11.8 Å². The van der Waals surface area contributed by atoms with Crippen LogP contribution in [0, 0.1) is 0 Å². The van der Waals surface area contributed by atoms with Crippen molar-refractivity contribution < 1.29 is 39.3 Å². The first-order valence-corrected chi connectivity index (χ1v) is 13.2. The van der Waals surface area contributed by atoms with Gasteiger partial charge in [-0.2, -0.15) is 11.8 Å². The normalized spacial score (nSPS) is 13.9. The average molecular weight is 565 g/mol. The number of H-pyrrole nitrogens is 1. The number of nitrogens with two attached hydrogens (primary N) is 1. The number of thioether (sulfide) groups is 1. The molecule has 0 fully saturated rings. The van der Waals surface area contributed by atoms with Crippen molar-refractivity contribution in [1.82, 2.24) is 25.9 Å². The maximum absolute atomic E-state index is 13.2. The minimum absolute atomic E-state index is 0.0312. The summed E-state index contributed by atoms with van der Waals surface area (Å²) in [6.45, 7) is 0. The quantitative estimate of drug-likeness (QED) is 0.123. The van der Waals surface area contributed by atoms with Crippen molar-refractivity contribution in [1.29, 1.82) is 0 Å². The largest absolute Gasteiger partial charge is 0.508 e. The van der Waals surface area contributed by atoms with Crippen LogP contribution in [0.2, 0.25) is 0 Å². The van der Waals surface area contributed by atoms with Crippen LogP contribution in [0.25, 0.3) is 0 Å². The van der Waals surface area contributed by atoms with Gasteiger partial charge in [0, 0.05) is 24.7 Å². The zero-order valence-electron chi connectivity index (χ0n) is 21.1. The number of benzene rings is 1. The molecule has 0 saturated heterocycles. The molecular formula is C24H32N6O8S. The van der Waals surface area contributed by atoms with Gasteiger partial charge >= 0.3 is 11.9 Å². The minimum Gasteiger partial charge on any atom is -0.508 e. The fraction of sp³-hybridized carbons (Fsp3) is 0.417. The number of carbonyl (C=O) groups excluding carboxylic acids is 3. The van der Waals surface area contributed by atoms with Gasteiger partial charge in [-0.3, -0.25) is 19.2 Å². The Morgan fingerprint density at radius 2 is 1.56 bits per heavy atom. The van der Waals surface area contributed by atoms with Crippen molar-refractivity contribution >= 4 is 41.4 Å². The Kier molecular flexibility index (Phi) is 12.2. The molecule has 0 aliphatic rings. The van der Waals surface area contributed by atoms with E-state index in [-0.39, 0.29) is 18.6 Å². The number of aromatic hydroxyl groups is 1. The summed E-state index contributed by atoms with van der Waals surface area (Å²) < 4.78 is 0. The van der Waals surface area contributed by atoms with E-state index in [0.29, 0.717) is 23.4 Å². The van der Waals surface area contributed by atoms with Gasteiger partial charge < -0.3 is 42.0 Å². The lowest BCUT2D eigenvalue weighted by atomic mass is 10.0. The van der Waals surface area contributed by atoms with E-state index in [1.807, 2.05) is 6.26 Å². The van der Waals surface area contributed by atoms with Crippen molar-refractivity contribution in [2.75, 3.05) is 12.0 Å². The number of imidazole rings is 1. The molecule has 0 aliphatic carbocycles. The number of carboxylic acids is 2. The van der Waals surface area contributed by atoms with Crippen molar-refractivity contribution in [3.63, 3.8) is 0 Å². The molecule has 1 heterocycles. The number of phenols is 1. The summed E-state index contributed by atoms with van der Waals surface area (Å²) in [5.41, 5.74) is 6.79. The predicted molar refractivity (Wildman–Crippen MR) is 141 cm³/mol. The second-order valence-electron chi connectivity index (χ2n) is 8.66. The number of aromatic amines is 1.